The van der Waals surface area contributed by atoms with Crippen molar-refractivity contribution in [3.05, 3.63) is 70.2 Å². The summed E-state index contributed by atoms with van der Waals surface area (Å²) in [4.78, 5) is 26.1. The molecule has 1 aliphatic heterocycles. The molecule has 0 bridgehead atoms. The quantitative estimate of drug-likeness (QED) is 0.828. The number of carboxylic acids is 1. The standard InChI is InChI=1S/C20H20ClNO3S/c21-16-8-5-15(6-9-16)18-13-26-12-11-22(18)19(23)10-7-14-3-1-2-4-17(14)20(24)25/h1-6,8-9,18H,7,10-13H2,(H,24,25). The van der Waals surface area contributed by atoms with Gasteiger partial charge in [0.2, 0.25) is 5.91 Å². The lowest BCUT2D eigenvalue weighted by Crippen LogP contribution is -2.40. The Bertz CT molecular complexity index is 794. The van der Waals surface area contributed by atoms with Crippen molar-refractivity contribution < 1.29 is 14.7 Å². The highest BCUT2D eigenvalue weighted by molar-refractivity contribution is 7.99. The normalized spacial score (nSPS) is 17.1. The van der Waals surface area contributed by atoms with Gasteiger partial charge in [-0.05, 0) is 35.7 Å². The monoisotopic (exact) mass is 389 g/mol. The molecule has 136 valence electrons. The third-order valence-electron chi connectivity index (χ3n) is 4.56. The van der Waals surface area contributed by atoms with Gasteiger partial charge in [-0.3, -0.25) is 4.79 Å². The van der Waals surface area contributed by atoms with Crippen molar-refractivity contribution >= 4 is 35.2 Å². The van der Waals surface area contributed by atoms with Gasteiger partial charge in [0.05, 0.1) is 11.6 Å². The smallest absolute Gasteiger partial charge is 0.335 e. The molecule has 1 fully saturated rings. The highest BCUT2D eigenvalue weighted by Crippen LogP contribution is 2.31. The van der Waals surface area contributed by atoms with Crippen molar-refractivity contribution in [3.8, 4) is 0 Å². The lowest BCUT2D eigenvalue weighted by atomic mass is 10.0. The maximum atomic E-state index is 12.8. The second-order valence-corrected chi connectivity index (χ2v) is 7.78. The van der Waals surface area contributed by atoms with Gasteiger partial charge in [-0.2, -0.15) is 11.8 Å². The zero-order valence-electron chi connectivity index (χ0n) is 14.2. The lowest BCUT2D eigenvalue weighted by molar-refractivity contribution is -0.133. The second kappa shape index (κ2) is 8.60. The largest absolute Gasteiger partial charge is 0.478 e. The number of aryl methyl sites for hydroxylation is 1. The topological polar surface area (TPSA) is 57.6 Å². The van der Waals surface area contributed by atoms with Crippen LogP contribution in [0.15, 0.2) is 48.5 Å². The summed E-state index contributed by atoms with van der Waals surface area (Å²) in [5.74, 6) is 0.882. The summed E-state index contributed by atoms with van der Waals surface area (Å²) in [5, 5.41) is 9.96. The molecule has 1 unspecified atom stereocenters. The summed E-state index contributed by atoms with van der Waals surface area (Å²) in [7, 11) is 0. The number of hydrogen-bond donors (Lipinski definition) is 1. The van der Waals surface area contributed by atoms with Gasteiger partial charge in [0, 0.05) is 29.5 Å². The highest BCUT2D eigenvalue weighted by atomic mass is 35.5. The summed E-state index contributed by atoms with van der Waals surface area (Å²) < 4.78 is 0. The van der Waals surface area contributed by atoms with Crippen molar-refractivity contribution in [1.29, 1.82) is 0 Å². The van der Waals surface area contributed by atoms with Crippen LogP contribution >= 0.6 is 23.4 Å². The summed E-state index contributed by atoms with van der Waals surface area (Å²) >= 11 is 7.81. The fourth-order valence-electron chi connectivity index (χ4n) is 3.20. The minimum absolute atomic E-state index is 0.0354. The van der Waals surface area contributed by atoms with E-state index in [1.165, 1.54) is 0 Å². The number of thioether (sulfide) groups is 1. The number of nitrogens with zero attached hydrogens (tertiary/aromatic N) is 1. The van der Waals surface area contributed by atoms with E-state index in [-0.39, 0.29) is 17.5 Å². The first-order valence-electron chi connectivity index (χ1n) is 8.50. The van der Waals surface area contributed by atoms with Crippen LogP contribution in [0.2, 0.25) is 5.02 Å². The lowest BCUT2D eigenvalue weighted by Gasteiger charge is -2.36. The van der Waals surface area contributed by atoms with Gasteiger partial charge in [-0.15, -0.1) is 0 Å². The van der Waals surface area contributed by atoms with Crippen LogP contribution in [0.3, 0.4) is 0 Å². The van der Waals surface area contributed by atoms with Gasteiger partial charge in [0.25, 0.3) is 0 Å². The summed E-state index contributed by atoms with van der Waals surface area (Å²) in [6.45, 7) is 0.706. The number of carbonyl (C=O) groups is 2. The molecule has 0 aliphatic carbocycles. The maximum Gasteiger partial charge on any atom is 0.335 e. The SMILES string of the molecule is O=C(O)c1ccccc1CCC(=O)N1CCSCC1c1ccc(Cl)cc1. The van der Waals surface area contributed by atoms with E-state index < -0.39 is 5.97 Å². The molecule has 1 amide bonds. The van der Waals surface area contributed by atoms with Crippen molar-refractivity contribution in [3.63, 3.8) is 0 Å². The van der Waals surface area contributed by atoms with Gasteiger partial charge >= 0.3 is 5.97 Å². The Balaban J connectivity index is 1.71. The molecule has 0 spiro atoms. The Kier molecular flexibility index (Phi) is 6.22. The number of carbonyl (C=O) groups excluding carboxylic acids is 1. The van der Waals surface area contributed by atoms with Crippen molar-refractivity contribution in [2.24, 2.45) is 0 Å². The fraction of sp³-hybridized carbons (Fsp3) is 0.300. The van der Waals surface area contributed by atoms with Crippen LogP contribution in [0.25, 0.3) is 0 Å². The van der Waals surface area contributed by atoms with Gasteiger partial charge in [0.15, 0.2) is 0 Å². The second-order valence-electron chi connectivity index (χ2n) is 6.19. The van der Waals surface area contributed by atoms with E-state index in [0.717, 1.165) is 17.1 Å². The molecule has 26 heavy (non-hydrogen) atoms. The number of benzene rings is 2. The molecule has 1 heterocycles. The first-order chi connectivity index (χ1) is 12.6. The van der Waals surface area contributed by atoms with E-state index in [1.54, 1.807) is 24.3 Å². The summed E-state index contributed by atoms with van der Waals surface area (Å²) in [6.07, 6.45) is 0.733. The summed E-state index contributed by atoms with van der Waals surface area (Å²) in [6, 6.07) is 14.5. The number of carboxylic acid groups (broad SMARTS) is 1. The number of rotatable bonds is 5. The third-order valence-corrected chi connectivity index (χ3v) is 5.83. The molecule has 1 N–H and O–H groups in total. The van der Waals surface area contributed by atoms with Crippen molar-refractivity contribution in [2.45, 2.75) is 18.9 Å². The van der Waals surface area contributed by atoms with Crippen LogP contribution in [-0.2, 0) is 11.2 Å². The van der Waals surface area contributed by atoms with E-state index in [2.05, 4.69) is 0 Å². The van der Waals surface area contributed by atoms with E-state index in [1.807, 2.05) is 40.9 Å². The molecule has 2 aromatic rings. The minimum atomic E-state index is -0.957. The van der Waals surface area contributed by atoms with Crippen LogP contribution in [0.5, 0.6) is 0 Å². The van der Waals surface area contributed by atoms with Crippen LogP contribution in [0, 0.1) is 0 Å². The van der Waals surface area contributed by atoms with Crippen LogP contribution < -0.4 is 0 Å². The molecule has 3 rings (SSSR count). The fourth-order valence-corrected chi connectivity index (χ4v) is 4.41. The predicted molar refractivity (Wildman–Crippen MR) is 105 cm³/mol. The Labute approximate surface area is 162 Å². The molecule has 4 nitrogen and oxygen atoms in total. The van der Waals surface area contributed by atoms with E-state index in [4.69, 9.17) is 11.6 Å². The van der Waals surface area contributed by atoms with Gasteiger partial charge in [-0.1, -0.05) is 41.9 Å². The molecular formula is C20H20ClNO3S. The third kappa shape index (κ3) is 4.40. The first kappa shape index (κ1) is 18.8. The summed E-state index contributed by atoms with van der Waals surface area (Å²) in [5.41, 5.74) is 2.05. The van der Waals surface area contributed by atoms with Crippen molar-refractivity contribution in [1.82, 2.24) is 4.90 Å². The molecule has 1 saturated heterocycles. The molecular weight excluding hydrogens is 370 g/mol. The van der Waals surface area contributed by atoms with Crippen LogP contribution in [0.4, 0.5) is 0 Å². The van der Waals surface area contributed by atoms with E-state index in [0.29, 0.717) is 30.0 Å². The van der Waals surface area contributed by atoms with E-state index >= 15 is 0 Å². The van der Waals surface area contributed by atoms with Gasteiger partial charge < -0.3 is 10.0 Å². The molecule has 0 radical (unpaired) electrons. The molecule has 2 aromatic carbocycles. The zero-order valence-corrected chi connectivity index (χ0v) is 15.8. The maximum absolute atomic E-state index is 12.8. The first-order valence-corrected chi connectivity index (χ1v) is 10.0. The highest BCUT2D eigenvalue weighted by Gasteiger charge is 2.28. The Morgan fingerprint density at radius 1 is 1.15 bits per heavy atom. The Morgan fingerprint density at radius 3 is 2.62 bits per heavy atom. The molecule has 1 atom stereocenters. The minimum Gasteiger partial charge on any atom is -0.478 e. The Morgan fingerprint density at radius 2 is 1.88 bits per heavy atom. The number of halogens is 1. The Hall–Kier alpha value is -1.98. The number of aromatic carboxylic acids is 1. The molecule has 0 aromatic heterocycles. The van der Waals surface area contributed by atoms with Gasteiger partial charge in [0.1, 0.15) is 0 Å². The van der Waals surface area contributed by atoms with E-state index in [9.17, 15) is 14.7 Å². The number of hydrogen-bond acceptors (Lipinski definition) is 3. The number of amides is 1. The molecule has 6 heteroatoms. The zero-order chi connectivity index (χ0) is 18.5. The average molecular weight is 390 g/mol. The van der Waals surface area contributed by atoms with Crippen molar-refractivity contribution in [2.75, 3.05) is 18.1 Å². The molecule has 1 aliphatic rings. The average Bonchev–Trinajstić information content (AvgIpc) is 2.67. The predicted octanol–water partition coefficient (Wildman–Crippen LogP) is 4.29. The van der Waals surface area contributed by atoms with Crippen LogP contribution in [0.1, 0.15) is 33.9 Å². The van der Waals surface area contributed by atoms with Crippen LogP contribution in [-0.4, -0.2) is 39.9 Å². The van der Waals surface area contributed by atoms with Gasteiger partial charge in [-0.25, -0.2) is 4.79 Å². The molecule has 0 saturated carbocycles.